The summed E-state index contributed by atoms with van der Waals surface area (Å²) in [6, 6.07) is 6.67. The predicted octanol–water partition coefficient (Wildman–Crippen LogP) is 1.14. The second-order valence-corrected chi connectivity index (χ2v) is 4.64. The van der Waals surface area contributed by atoms with Crippen molar-refractivity contribution >= 4 is 0 Å². The maximum Gasteiger partial charge on any atom is 0.123 e. The zero-order valence-corrected chi connectivity index (χ0v) is 9.85. The lowest BCUT2D eigenvalue weighted by atomic mass is 10.1. The van der Waals surface area contributed by atoms with Crippen LogP contribution in [0.5, 0.6) is 0 Å². The van der Waals surface area contributed by atoms with Crippen LogP contribution in [0, 0.1) is 11.7 Å². The van der Waals surface area contributed by atoms with Crippen molar-refractivity contribution in [2.24, 2.45) is 11.7 Å². The Labute approximate surface area is 101 Å². The van der Waals surface area contributed by atoms with Crippen LogP contribution < -0.4 is 5.73 Å². The third kappa shape index (κ3) is 2.83. The zero-order valence-electron chi connectivity index (χ0n) is 9.85. The molecule has 4 heteroatoms. The first kappa shape index (κ1) is 12.5. The van der Waals surface area contributed by atoms with Crippen molar-refractivity contribution in [1.82, 2.24) is 4.90 Å². The smallest absolute Gasteiger partial charge is 0.123 e. The fraction of sp³-hybridized carbons (Fsp3) is 0.538. The van der Waals surface area contributed by atoms with E-state index in [-0.39, 0.29) is 18.5 Å². The molecule has 1 aliphatic rings. The molecular formula is C13H19FN2O. The van der Waals surface area contributed by atoms with Gasteiger partial charge in [-0.3, -0.25) is 4.90 Å². The Kier molecular flexibility index (Phi) is 4.10. The molecule has 0 saturated carbocycles. The van der Waals surface area contributed by atoms with Crippen LogP contribution in [-0.4, -0.2) is 36.2 Å². The van der Waals surface area contributed by atoms with Gasteiger partial charge in [0.1, 0.15) is 5.82 Å². The van der Waals surface area contributed by atoms with E-state index in [1.54, 1.807) is 12.1 Å². The van der Waals surface area contributed by atoms with Crippen LogP contribution in [-0.2, 0) is 0 Å². The van der Waals surface area contributed by atoms with Crippen LogP contribution in [0.25, 0.3) is 0 Å². The van der Waals surface area contributed by atoms with Crippen LogP contribution in [0.3, 0.4) is 0 Å². The molecule has 2 rings (SSSR count). The van der Waals surface area contributed by atoms with Crippen molar-refractivity contribution in [3.63, 3.8) is 0 Å². The number of rotatable bonds is 4. The molecular weight excluding hydrogens is 219 g/mol. The summed E-state index contributed by atoms with van der Waals surface area (Å²) in [6.45, 7) is 2.46. The van der Waals surface area contributed by atoms with Crippen molar-refractivity contribution in [3.8, 4) is 0 Å². The number of nitrogens with two attached hydrogens (primary N) is 1. The summed E-state index contributed by atoms with van der Waals surface area (Å²) >= 11 is 0. The Hall–Kier alpha value is -0.970. The number of nitrogens with zero attached hydrogens (tertiary/aromatic N) is 1. The molecule has 0 radical (unpaired) electrons. The summed E-state index contributed by atoms with van der Waals surface area (Å²) in [5.74, 6) is 0.108. The largest absolute Gasteiger partial charge is 0.396 e. The highest BCUT2D eigenvalue weighted by atomic mass is 19.1. The van der Waals surface area contributed by atoms with E-state index in [1.165, 1.54) is 6.07 Å². The molecule has 1 aliphatic heterocycles. The predicted molar refractivity (Wildman–Crippen MR) is 65.0 cm³/mol. The Morgan fingerprint density at radius 2 is 2.35 bits per heavy atom. The highest BCUT2D eigenvalue weighted by molar-refractivity contribution is 5.21. The van der Waals surface area contributed by atoms with E-state index in [0.717, 1.165) is 25.1 Å². The number of aliphatic hydroxyl groups is 1. The molecule has 1 fully saturated rings. The van der Waals surface area contributed by atoms with Crippen LogP contribution >= 0.6 is 0 Å². The SMILES string of the molecule is NCC(c1cccc(F)c1)N1CCC(CO)C1. The van der Waals surface area contributed by atoms with Crippen LogP contribution in [0.4, 0.5) is 4.39 Å². The van der Waals surface area contributed by atoms with E-state index in [4.69, 9.17) is 10.8 Å². The van der Waals surface area contributed by atoms with E-state index in [1.807, 2.05) is 6.07 Å². The summed E-state index contributed by atoms with van der Waals surface area (Å²) in [7, 11) is 0. The van der Waals surface area contributed by atoms with Gasteiger partial charge in [-0.1, -0.05) is 12.1 Å². The summed E-state index contributed by atoms with van der Waals surface area (Å²) in [6.07, 6.45) is 0.988. The van der Waals surface area contributed by atoms with Crippen LogP contribution in [0.1, 0.15) is 18.0 Å². The number of hydrogen-bond donors (Lipinski definition) is 2. The van der Waals surface area contributed by atoms with Crippen molar-refractivity contribution in [2.45, 2.75) is 12.5 Å². The molecule has 2 unspecified atom stereocenters. The van der Waals surface area contributed by atoms with Gasteiger partial charge in [0.2, 0.25) is 0 Å². The maximum atomic E-state index is 13.2. The molecule has 0 aliphatic carbocycles. The van der Waals surface area contributed by atoms with Gasteiger partial charge in [-0.2, -0.15) is 0 Å². The van der Waals surface area contributed by atoms with Gasteiger partial charge in [-0.25, -0.2) is 4.39 Å². The number of halogens is 1. The fourth-order valence-electron chi connectivity index (χ4n) is 2.50. The first-order chi connectivity index (χ1) is 8.24. The van der Waals surface area contributed by atoms with Gasteiger partial charge in [-0.05, 0) is 36.6 Å². The lowest BCUT2D eigenvalue weighted by molar-refractivity contribution is 0.200. The Morgan fingerprint density at radius 3 is 2.94 bits per heavy atom. The molecule has 3 nitrogen and oxygen atoms in total. The lowest BCUT2D eigenvalue weighted by Gasteiger charge is -2.27. The van der Waals surface area contributed by atoms with Gasteiger partial charge < -0.3 is 10.8 Å². The highest BCUT2D eigenvalue weighted by Crippen LogP contribution is 2.27. The molecule has 2 atom stereocenters. The first-order valence-electron chi connectivity index (χ1n) is 6.05. The minimum atomic E-state index is -0.223. The molecule has 0 bridgehead atoms. The van der Waals surface area contributed by atoms with Gasteiger partial charge in [0.05, 0.1) is 0 Å². The molecule has 94 valence electrons. The third-order valence-electron chi connectivity index (χ3n) is 3.47. The van der Waals surface area contributed by atoms with Gasteiger partial charge in [0.25, 0.3) is 0 Å². The average molecular weight is 238 g/mol. The normalized spacial score (nSPS) is 22.9. The van der Waals surface area contributed by atoms with Gasteiger partial charge in [-0.15, -0.1) is 0 Å². The van der Waals surface area contributed by atoms with Crippen LogP contribution in [0.2, 0.25) is 0 Å². The van der Waals surface area contributed by atoms with Crippen molar-refractivity contribution in [2.75, 3.05) is 26.2 Å². The first-order valence-corrected chi connectivity index (χ1v) is 6.05. The molecule has 17 heavy (non-hydrogen) atoms. The Balaban J connectivity index is 2.11. The fourth-order valence-corrected chi connectivity index (χ4v) is 2.50. The van der Waals surface area contributed by atoms with Gasteiger partial charge in [0.15, 0.2) is 0 Å². The van der Waals surface area contributed by atoms with E-state index in [9.17, 15) is 4.39 Å². The van der Waals surface area contributed by atoms with Gasteiger partial charge >= 0.3 is 0 Å². The average Bonchev–Trinajstić information content (AvgIpc) is 2.79. The summed E-state index contributed by atoms with van der Waals surface area (Å²) in [4.78, 5) is 2.23. The molecule has 0 spiro atoms. The number of hydrogen-bond acceptors (Lipinski definition) is 3. The minimum absolute atomic E-state index is 0.0576. The summed E-state index contributed by atoms with van der Waals surface area (Å²) in [5, 5.41) is 9.14. The molecule has 1 aromatic carbocycles. The second kappa shape index (κ2) is 5.58. The van der Waals surface area contributed by atoms with E-state index < -0.39 is 0 Å². The Bertz CT molecular complexity index is 372. The van der Waals surface area contributed by atoms with Gasteiger partial charge in [0, 0.05) is 25.7 Å². The molecule has 1 saturated heterocycles. The second-order valence-electron chi connectivity index (χ2n) is 4.64. The molecule has 0 amide bonds. The minimum Gasteiger partial charge on any atom is -0.396 e. The van der Waals surface area contributed by atoms with E-state index >= 15 is 0 Å². The highest BCUT2D eigenvalue weighted by Gasteiger charge is 2.28. The lowest BCUT2D eigenvalue weighted by Crippen LogP contribution is -2.32. The standard InChI is InChI=1S/C13H19FN2O/c14-12-3-1-2-11(6-12)13(7-15)16-5-4-10(8-16)9-17/h1-3,6,10,13,17H,4-5,7-9,15H2. The quantitative estimate of drug-likeness (QED) is 0.827. The van der Waals surface area contributed by atoms with Crippen molar-refractivity contribution in [3.05, 3.63) is 35.6 Å². The third-order valence-corrected chi connectivity index (χ3v) is 3.47. The van der Waals surface area contributed by atoms with E-state index in [0.29, 0.717) is 12.5 Å². The number of aliphatic hydroxyl groups excluding tert-OH is 1. The molecule has 1 aromatic rings. The monoisotopic (exact) mass is 238 g/mol. The summed E-state index contributed by atoms with van der Waals surface area (Å²) in [5.41, 5.74) is 6.72. The molecule has 0 aromatic heterocycles. The molecule has 3 N–H and O–H groups in total. The Morgan fingerprint density at radius 1 is 1.53 bits per heavy atom. The van der Waals surface area contributed by atoms with Crippen molar-refractivity contribution in [1.29, 1.82) is 0 Å². The summed E-state index contributed by atoms with van der Waals surface area (Å²) < 4.78 is 13.2. The van der Waals surface area contributed by atoms with Crippen molar-refractivity contribution < 1.29 is 9.50 Å². The molecule has 1 heterocycles. The maximum absolute atomic E-state index is 13.2. The van der Waals surface area contributed by atoms with Crippen LogP contribution in [0.15, 0.2) is 24.3 Å². The van der Waals surface area contributed by atoms with E-state index in [2.05, 4.69) is 4.90 Å². The number of benzene rings is 1. The zero-order chi connectivity index (χ0) is 12.3. The topological polar surface area (TPSA) is 49.5 Å². The number of likely N-dealkylation sites (tertiary alicyclic amines) is 1.